The lowest BCUT2D eigenvalue weighted by molar-refractivity contribution is -0.131. The van der Waals surface area contributed by atoms with E-state index in [0.29, 0.717) is 12.8 Å². The first-order valence-electron chi connectivity index (χ1n) is 6.21. The number of unbranched alkanes of at least 4 members (excludes halogenated alkanes) is 3. The van der Waals surface area contributed by atoms with Gasteiger partial charge < -0.3 is 5.32 Å². The van der Waals surface area contributed by atoms with Crippen molar-refractivity contribution in [3.63, 3.8) is 0 Å². The normalized spacial score (nSPS) is 19.8. The number of ketones is 1. The van der Waals surface area contributed by atoms with Crippen LogP contribution in [0, 0.1) is 0 Å². The van der Waals surface area contributed by atoms with Crippen molar-refractivity contribution in [1.29, 1.82) is 0 Å². The molecule has 1 N–H and O–H groups in total. The fourth-order valence-corrected chi connectivity index (χ4v) is 1.63. The summed E-state index contributed by atoms with van der Waals surface area (Å²) >= 11 is 0. The molecule has 1 amide bonds. The average molecular weight is 223 g/mol. The van der Waals surface area contributed by atoms with Crippen LogP contribution in [0.25, 0.3) is 0 Å². The zero-order valence-corrected chi connectivity index (χ0v) is 10.00. The van der Waals surface area contributed by atoms with Crippen molar-refractivity contribution in [2.75, 3.05) is 0 Å². The summed E-state index contributed by atoms with van der Waals surface area (Å²) in [5, 5.41) is 2.73. The van der Waals surface area contributed by atoms with E-state index in [1.165, 1.54) is 19.3 Å². The van der Waals surface area contributed by atoms with Crippen LogP contribution >= 0.6 is 0 Å². The van der Waals surface area contributed by atoms with Crippen LogP contribution in [0.5, 0.6) is 0 Å². The first-order chi connectivity index (χ1) is 7.74. The molecule has 1 fully saturated rings. The zero-order chi connectivity index (χ0) is 11.8. The second kappa shape index (κ2) is 7.20. The van der Waals surface area contributed by atoms with E-state index in [4.69, 9.17) is 0 Å². The Labute approximate surface area is 97.3 Å². The number of Topliss-reactive ketones (excluding diaryl/α,β-unsaturated/α-hetero) is 1. The zero-order valence-electron chi connectivity index (χ0n) is 10.00. The Morgan fingerprint density at radius 2 is 2.25 bits per heavy atom. The Kier molecular flexibility index (Phi) is 5.83. The third-order valence-corrected chi connectivity index (χ3v) is 2.85. The van der Waals surface area contributed by atoms with Gasteiger partial charge in [-0.1, -0.05) is 31.9 Å². The standard InChI is InChI=1S/C13H21NO2/c1-2-3-4-5-6-7-8-13(16)14-11-9-10-12(11)15/h6-7,11H,2-5,8-10H2,1H3,(H,14,16)/b7-6-/t11-/m0/s1. The van der Waals surface area contributed by atoms with Crippen molar-refractivity contribution in [1.82, 2.24) is 5.32 Å². The van der Waals surface area contributed by atoms with Gasteiger partial charge in [-0.15, -0.1) is 0 Å². The van der Waals surface area contributed by atoms with E-state index in [2.05, 4.69) is 18.3 Å². The van der Waals surface area contributed by atoms with Crippen LogP contribution in [0.4, 0.5) is 0 Å². The number of hydrogen-bond donors (Lipinski definition) is 1. The molecule has 1 aliphatic rings. The van der Waals surface area contributed by atoms with Crippen LogP contribution in [0.15, 0.2) is 12.2 Å². The SMILES string of the molecule is CCCCC/C=C\CC(=O)N[C@H]1CCC1=O. The molecule has 0 aliphatic heterocycles. The van der Waals surface area contributed by atoms with Crippen LogP contribution in [0.3, 0.4) is 0 Å². The number of nitrogens with one attached hydrogen (secondary N) is 1. The predicted molar refractivity (Wildman–Crippen MR) is 64.1 cm³/mol. The molecular formula is C13H21NO2. The summed E-state index contributed by atoms with van der Waals surface area (Å²) < 4.78 is 0. The number of rotatable bonds is 7. The van der Waals surface area contributed by atoms with Gasteiger partial charge >= 0.3 is 0 Å². The van der Waals surface area contributed by atoms with E-state index in [1.807, 2.05) is 6.08 Å². The largest absolute Gasteiger partial charge is 0.346 e. The lowest BCUT2D eigenvalue weighted by Gasteiger charge is -2.24. The molecule has 3 nitrogen and oxygen atoms in total. The molecule has 0 heterocycles. The molecule has 0 aromatic heterocycles. The Hall–Kier alpha value is -1.12. The van der Waals surface area contributed by atoms with Crippen molar-refractivity contribution < 1.29 is 9.59 Å². The molecule has 1 rings (SSSR count). The van der Waals surface area contributed by atoms with E-state index >= 15 is 0 Å². The highest BCUT2D eigenvalue weighted by Gasteiger charge is 2.28. The minimum Gasteiger partial charge on any atom is -0.346 e. The molecule has 0 unspecified atom stereocenters. The van der Waals surface area contributed by atoms with Crippen molar-refractivity contribution in [2.45, 2.75) is 57.9 Å². The van der Waals surface area contributed by atoms with E-state index in [-0.39, 0.29) is 17.7 Å². The van der Waals surface area contributed by atoms with Gasteiger partial charge in [-0.2, -0.15) is 0 Å². The van der Waals surface area contributed by atoms with Crippen molar-refractivity contribution >= 4 is 11.7 Å². The number of carbonyl (C=O) groups is 2. The summed E-state index contributed by atoms with van der Waals surface area (Å²) in [7, 11) is 0. The maximum atomic E-state index is 11.4. The predicted octanol–water partition coefficient (Wildman–Crippen LogP) is 2.36. The van der Waals surface area contributed by atoms with Crippen LogP contribution in [0.1, 0.15) is 51.9 Å². The van der Waals surface area contributed by atoms with Gasteiger partial charge in [0, 0.05) is 12.8 Å². The van der Waals surface area contributed by atoms with Gasteiger partial charge in [-0.05, 0) is 19.3 Å². The molecule has 16 heavy (non-hydrogen) atoms. The molecule has 1 saturated carbocycles. The summed E-state index contributed by atoms with van der Waals surface area (Å²) in [4.78, 5) is 22.3. The summed E-state index contributed by atoms with van der Waals surface area (Å²) in [5.41, 5.74) is 0. The van der Waals surface area contributed by atoms with Crippen molar-refractivity contribution in [3.8, 4) is 0 Å². The third-order valence-electron chi connectivity index (χ3n) is 2.85. The number of allylic oxidation sites excluding steroid dienone is 1. The Morgan fingerprint density at radius 3 is 2.81 bits per heavy atom. The molecule has 0 saturated heterocycles. The molecule has 1 aliphatic carbocycles. The van der Waals surface area contributed by atoms with Gasteiger partial charge in [-0.3, -0.25) is 9.59 Å². The van der Waals surface area contributed by atoms with Gasteiger partial charge in [0.1, 0.15) is 0 Å². The van der Waals surface area contributed by atoms with Gasteiger partial charge in [-0.25, -0.2) is 0 Å². The van der Waals surface area contributed by atoms with Crippen molar-refractivity contribution in [3.05, 3.63) is 12.2 Å². The van der Waals surface area contributed by atoms with E-state index < -0.39 is 0 Å². The Balaban J connectivity index is 2.03. The molecule has 0 radical (unpaired) electrons. The lowest BCUT2D eigenvalue weighted by atomic mass is 9.91. The molecule has 0 aromatic rings. The van der Waals surface area contributed by atoms with E-state index in [1.54, 1.807) is 0 Å². The van der Waals surface area contributed by atoms with Gasteiger partial charge in [0.25, 0.3) is 0 Å². The van der Waals surface area contributed by atoms with Gasteiger partial charge in [0.2, 0.25) is 5.91 Å². The Morgan fingerprint density at radius 1 is 1.44 bits per heavy atom. The number of amides is 1. The summed E-state index contributed by atoms with van der Waals surface area (Å²) in [6.07, 6.45) is 10.5. The maximum absolute atomic E-state index is 11.4. The second-order valence-corrected chi connectivity index (χ2v) is 4.30. The Bertz CT molecular complexity index is 271. The lowest BCUT2D eigenvalue weighted by Crippen LogP contribution is -2.47. The van der Waals surface area contributed by atoms with Crippen LogP contribution < -0.4 is 5.32 Å². The molecule has 0 spiro atoms. The van der Waals surface area contributed by atoms with Crippen LogP contribution in [0.2, 0.25) is 0 Å². The molecule has 0 aromatic carbocycles. The third kappa shape index (κ3) is 4.60. The van der Waals surface area contributed by atoms with Gasteiger partial charge in [0.15, 0.2) is 5.78 Å². The van der Waals surface area contributed by atoms with E-state index in [9.17, 15) is 9.59 Å². The van der Waals surface area contributed by atoms with E-state index in [0.717, 1.165) is 12.8 Å². The smallest absolute Gasteiger partial charge is 0.224 e. The first-order valence-corrected chi connectivity index (χ1v) is 6.21. The van der Waals surface area contributed by atoms with Crippen molar-refractivity contribution in [2.24, 2.45) is 0 Å². The number of hydrogen-bond acceptors (Lipinski definition) is 2. The summed E-state index contributed by atoms with van der Waals surface area (Å²) in [6, 6.07) is -0.194. The molecule has 90 valence electrons. The summed E-state index contributed by atoms with van der Waals surface area (Å²) in [5.74, 6) is 0.130. The van der Waals surface area contributed by atoms with Crippen LogP contribution in [-0.2, 0) is 9.59 Å². The monoisotopic (exact) mass is 223 g/mol. The molecule has 1 atom stereocenters. The topological polar surface area (TPSA) is 46.2 Å². The highest BCUT2D eigenvalue weighted by molar-refractivity contribution is 5.93. The minimum absolute atomic E-state index is 0.0372. The maximum Gasteiger partial charge on any atom is 0.224 e. The first kappa shape index (κ1) is 12.9. The molecule has 0 bridgehead atoms. The quantitative estimate of drug-likeness (QED) is 0.532. The highest BCUT2D eigenvalue weighted by Crippen LogP contribution is 2.13. The van der Waals surface area contributed by atoms with Crippen LogP contribution in [-0.4, -0.2) is 17.7 Å². The number of carbonyl (C=O) groups excluding carboxylic acids is 2. The minimum atomic E-state index is -0.194. The molecular weight excluding hydrogens is 202 g/mol. The fraction of sp³-hybridized carbons (Fsp3) is 0.692. The summed E-state index contributed by atoms with van der Waals surface area (Å²) in [6.45, 7) is 2.17. The average Bonchev–Trinajstić information content (AvgIpc) is 2.28. The highest BCUT2D eigenvalue weighted by atomic mass is 16.2. The molecule has 3 heteroatoms. The second-order valence-electron chi connectivity index (χ2n) is 4.30. The van der Waals surface area contributed by atoms with Gasteiger partial charge in [0.05, 0.1) is 6.04 Å². The fourth-order valence-electron chi connectivity index (χ4n) is 1.63.